The SMILES string of the molecule is N#CCC(N)c1cccc(Br)n1. The molecule has 4 heteroatoms. The maximum absolute atomic E-state index is 8.40. The van der Waals surface area contributed by atoms with Crippen molar-refractivity contribution in [2.24, 2.45) is 5.73 Å². The second-order valence-corrected chi connectivity index (χ2v) is 3.17. The minimum atomic E-state index is -0.285. The molecule has 0 aliphatic rings. The molecule has 0 aromatic carbocycles. The molecule has 0 bridgehead atoms. The van der Waals surface area contributed by atoms with Gasteiger partial charge in [0.25, 0.3) is 0 Å². The Morgan fingerprint density at radius 2 is 2.42 bits per heavy atom. The zero-order chi connectivity index (χ0) is 8.97. The fourth-order valence-electron chi connectivity index (χ4n) is 0.833. The molecular formula is C8H8BrN3. The Balaban J connectivity index is 2.82. The van der Waals surface area contributed by atoms with E-state index >= 15 is 0 Å². The molecule has 0 aliphatic carbocycles. The number of hydrogen-bond donors (Lipinski definition) is 1. The van der Waals surface area contributed by atoms with E-state index in [-0.39, 0.29) is 6.04 Å². The van der Waals surface area contributed by atoms with Gasteiger partial charge in [-0.3, -0.25) is 0 Å². The second kappa shape index (κ2) is 4.19. The molecule has 3 nitrogen and oxygen atoms in total. The van der Waals surface area contributed by atoms with Gasteiger partial charge in [0.1, 0.15) is 4.60 Å². The number of aromatic nitrogens is 1. The average Bonchev–Trinajstić information content (AvgIpc) is 2.05. The predicted molar refractivity (Wildman–Crippen MR) is 49.1 cm³/mol. The Hall–Kier alpha value is -0.920. The molecule has 0 fully saturated rings. The molecule has 1 unspecified atom stereocenters. The molecule has 0 spiro atoms. The average molecular weight is 226 g/mol. The molecule has 1 rings (SSSR count). The molecule has 0 saturated carbocycles. The van der Waals surface area contributed by atoms with Crippen molar-refractivity contribution >= 4 is 15.9 Å². The Morgan fingerprint density at radius 1 is 1.67 bits per heavy atom. The van der Waals surface area contributed by atoms with Crippen molar-refractivity contribution in [3.63, 3.8) is 0 Å². The summed E-state index contributed by atoms with van der Waals surface area (Å²) in [6.45, 7) is 0. The monoisotopic (exact) mass is 225 g/mol. The van der Waals surface area contributed by atoms with Gasteiger partial charge in [-0.25, -0.2) is 4.98 Å². The minimum absolute atomic E-state index is 0.285. The van der Waals surface area contributed by atoms with Gasteiger partial charge in [0.2, 0.25) is 0 Å². The van der Waals surface area contributed by atoms with Gasteiger partial charge in [-0.1, -0.05) is 6.07 Å². The smallest absolute Gasteiger partial charge is 0.106 e. The molecule has 0 radical (unpaired) electrons. The van der Waals surface area contributed by atoms with Crippen LogP contribution < -0.4 is 5.73 Å². The van der Waals surface area contributed by atoms with Crippen LogP contribution in [0.5, 0.6) is 0 Å². The molecule has 1 aromatic rings. The van der Waals surface area contributed by atoms with E-state index < -0.39 is 0 Å². The number of pyridine rings is 1. The highest BCUT2D eigenvalue weighted by atomic mass is 79.9. The van der Waals surface area contributed by atoms with Crippen LogP contribution in [0.1, 0.15) is 18.2 Å². The Kier molecular flexibility index (Phi) is 3.20. The highest BCUT2D eigenvalue weighted by Crippen LogP contribution is 2.13. The van der Waals surface area contributed by atoms with Crippen molar-refractivity contribution in [2.75, 3.05) is 0 Å². The molecule has 62 valence electrons. The van der Waals surface area contributed by atoms with Crippen molar-refractivity contribution in [3.05, 3.63) is 28.5 Å². The van der Waals surface area contributed by atoms with Crippen LogP contribution in [0.25, 0.3) is 0 Å². The Labute approximate surface area is 79.3 Å². The van der Waals surface area contributed by atoms with Crippen molar-refractivity contribution < 1.29 is 0 Å². The summed E-state index contributed by atoms with van der Waals surface area (Å²) >= 11 is 3.23. The summed E-state index contributed by atoms with van der Waals surface area (Å²) in [7, 11) is 0. The summed E-state index contributed by atoms with van der Waals surface area (Å²) < 4.78 is 0.744. The van der Waals surface area contributed by atoms with Gasteiger partial charge < -0.3 is 5.73 Å². The standard InChI is InChI=1S/C8H8BrN3/c9-8-3-1-2-7(12-8)6(11)4-5-10/h1-3,6H,4,11H2. The predicted octanol–water partition coefficient (Wildman–Crippen LogP) is 1.76. The fraction of sp³-hybridized carbons (Fsp3) is 0.250. The van der Waals surface area contributed by atoms with Gasteiger partial charge in [-0.15, -0.1) is 0 Å². The van der Waals surface area contributed by atoms with E-state index in [2.05, 4.69) is 20.9 Å². The number of hydrogen-bond acceptors (Lipinski definition) is 3. The van der Waals surface area contributed by atoms with E-state index in [1.807, 2.05) is 24.3 Å². The number of rotatable bonds is 2. The quantitative estimate of drug-likeness (QED) is 0.781. The maximum Gasteiger partial charge on any atom is 0.106 e. The minimum Gasteiger partial charge on any atom is -0.322 e. The van der Waals surface area contributed by atoms with Crippen LogP contribution in [0, 0.1) is 11.3 Å². The molecular weight excluding hydrogens is 218 g/mol. The van der Waals surface area contributed by atoms with Gasteiger partial charge in [0, 0.05) is 0 Å². The summed E-state index contributed by atoms with van der Waals surface area (Å²) in [5.74, 6) is 0. The molecule has 2 N–H and O–H groups in total. The van der Waals surface area contributed by atoms with Crippen molar-refractivity contribution in [1.82, 2.24) is 4.98 Å². The lowest BCUT2D eigenvalue weighted by atomic mass is 10.1. The van der Waals surface area contributed by atoms with E-state index in [9.17, 15) is 0 Å². The van der Waals surface area contributed by atoms with Gasteiger partial charge >= 0.3 is 0 Å². The van der Waals surface area contributed by atoms with E-state index in [0.29, 0.717) is 6.42 Å². The molecule has 1 aromatic heterocycles. The molecule has 1 atom stereocenters. The van der Waals surface area contributed by atoms with E-state index in [4.69, 9.17) is 11.0 Å². The summed E-state index contributed by atoms with van der Waals surface area (Å²) in [6.07, 6.45) is 0.295. The first-order valence-electron chi connectivity index (χ1n) is 3.49. The van der Waals surface area contributed by atoms with Crippen molar-refractivity contribution in [1.29, 1.82) is 5.26 Å². The summed E-state index contributed by atoms with van der Waals surface area (Å²) in [6, 6.07) is 7.21. The lowest BCUT2D eigenvalue weighted by Gasteiger charge is -2.05. The first kappa shape index (κ1) is 9.17. The first-order valence-corrected chi connectivity index (χ1v) is 4.28. The van der Waals surface area contributed by atoms with Gasteiger partial charge in [0.05, 0.1) is 24.2 Å². The maximum atomic E-state index is 8.40. The summed E-state index contributed by atoms with van der Waals surface area (Å²) in [4.78, 5) is 4.13. The largest absolute Gasteiger partial charge is 0.322 e. The number of halogens is 1. The van der Waals surface area contributed by atoms with Crippen LogP contribution in [0.2, 0.25) is 0 Å². The van der Waals surface area contributed by atoms with Crippen molar-refractivity contribution in [2.45, 2.75) is 12.5 Å². The van der Waals surface area contributed by atoms with Crippen LogP contribution in [-0.2, 0) is 0 Å². The number of nitrogens with zero attached hydrogens (tertiary/aromatic N) is 2. The van der Waals surface area contributed by atoms with Gasteiger partial charge in [-0.2, -0.15) is 5.26 Å². The van der Waals surface area contributed by atoms with Crippen molar-refractivity contribution in [3.8, 4) is 6.07 Å². The topological polar surface area (TPSA) is 62.7 Å². The third kappa shape index (κ3) is 2.29. The third-order valence-electron chi connectivity index (χ3n) is 1.43. The van der Waals surface area contributed by atoms with E-state index in [1.165, 1.54) is 0 Å². The molecule has 12 heavy (non-hydrogen) atoms. The third-order valence-corrected chi connectivity index (χ3v) is 1.87. The van der Waals surface area contributed by atoms with E-state index in [1.54, 1.807) is 0 Å². The lowest BCUT2D eigenvalue weighted by Crippen LogP contribution is -2.10. The highest BCUT2D eigenvalue weighted by molar-refractivity contribution is 9.10. The zero-order valence-electron chi connectivity index (χ0n) is 6.37. The normalized spacial score (nSPS) is 12.1. The molecule has 0 aliphatic heterocycles. The fourth-order valence-corrected chi connectivity index (χ4v) is 1.19. The second-order valence-electron chi connectivity index (χ2n) is 2.35. The Bertz CT molecular complexity index is 305. The highest BCUT2D eigenvalue weighted by Gasteiger charge is 2.05. The summed E-state index contributed by atoms with van der Waals surface area (Å²) in [5.41, 5.74) is 6.41. The van der Waals surface area contributed by atoms with E-state index in [0.717, 1.165) is 10.3 Å². The molecule has 1 heterocycles. The first-order chi connectivity index (χ1) is 5.74. The molecule has 0 saturated heterocycles. The van der Waals surface area contributed by atoms with Gasteiger partial charge in [-0.05, 0) is 28.1 Å². The number of nitrogens with two attached hydrogens (primary N) is 1. The van der Waals surface area contributed by atoms with Gasteiger partial charge in [0.15, 0.2) is 0 Å². The Morgan fingerprint density at radius 3 is 3.00 bits per heavy atom. The molecule has 0 amide bonds. The van der Waals surface area contributed by atoms with Crippen LogP contribution in [0.4, 0.5) is 0 Å². The summed E-state index contributed by atoms with van der Waals surface area (Å²) in [5, 5.41) is 8.40. The van der Waals surface area contributed by atoms with Crippen LogP contribution >= 0.6 is 15.9 Å². The lowest BCUT2D eigenvalue weighted by molar-refractivity contribution is 0.718. The zero-order valence-corrected chi connectivity index (χ0v) is 7.95. The number of nitriles is 1. The van der Waals surface area contributed by atoms with Crippen LogP contribution in [0.3, 0.4) is 0 Å². The van der Waals surface area contributed by atoms with Crippen LogP contribution in [-0.4, -0.2) is 4.98 Å². The van der Waals surface area contributed by atoms with Crippen LogP contribution in [0.15, 0.2) is 22.8 Å².